The zero-order valence-corrected chi connectivity index (χ0v) is 14.7. The molecule has 0 bridgehead atoms. The maximum Gasteiger partial charge on any atom is 0.244 e. The third-order valence-electron chi connectivity index (χ3n) is 5.22. The lowest BCUT2D eigenvalue weighted by molar-refractivity contribution is -0.144. The van der Waals surface area contributed by atoms with Crippen molar-refractivity contribution >= 4 is 5.91 Å². The first-order valence-electron chi connectivity index (χ1n) is 8.82. The van der Waals surface area contributed by atoms with Crippen LogP contribution in [0.5, 0.6) is 0 Å². The third-order valence-corrected chi connectivity index (χ3v) is 5.22. The number of hydrogen-bond acceptors (Lipinski definition) is 3. The number of nitrogens with zero attached hydrogens (tertiary/aromatic N) is 3. The van der Waals surface area contributed by atoms with Crippen LogP contribution in [0.2, 0.25) is 0 Å². The molecule has 126 valence electrons. The van der Waals surface area contributed by atoms with Crippen LogP contribution in [0.15, 0.2) is 24.3 Å². The molecular formula is C19H29N3O. The van der Waals surface area contributed by atoms with E-state index >= 15 is 0 Å². The molecule has 0 radical (unpaired) electrons. The van der Waals surface area contributed by atoms with E-state index in [1.165, 1.54) is 37.9 Å². The van der Waals surface area contributed by atoms with E-state index in [0.717, 1.165) is 18.7 Å². The summed E-state index contributed by atoms with van der Waals surface area (Å²) in [7, 11) is 3.98. The van der Waals surface area contributed by atoms with Crippen LogP contribution in [0.3, 0.4) is 0 Å². The molecule has 1 aromatic carbocycles. The van der Waals surface area contributed by atoms with Gasteiger partial charge in [-0.25, -0.2) is 0 Å². The number of likely N-dealkylation sites (N-methyl/N-ethyl adjacent to an activating group) is 1. The van der Waals surface area contributed by atoms with Gasteiger partial charge in [-0.05, 0) is 52.5 Å². The van der Waals surface area contributed by atoms with Crippen molar-refractivity contribution in [2.75, 3.05) is 40.3 Å². The molecule has 0 aliphatic carbocycles. The zero-order chi connectivity index (χ0) is 16.4. The van der Waals surface area contributed by atoms with E-state index in [0.29, 0.717) is 6.04 Å². The van der Waals surface area contributed by atoms with Crippen LogP contribution in [0.25, 0.3) is 0 Å². The van der Waals surface area contributed by atoms with Gasteiger partial charge >= 0.3 is 0 Å². The highest BCUT2D eigenvalue weighted by Crippen LogP contribution is 2.26. The standard InChI is InChI=1S/C19H29N3O/c1-15-7-9-16(10-8-15)18(20(2)3)19(23)22-13-17(14-22)21-11-5-4-6-12-21/h7-10,17-18H,4-6,11-14H2,1-3H3/t18-/m0/s1. The van der Waals surface area contributed by atoms with Crippen LogP contribution in [0.4, 0.5) is 0 Å². The number of aryl methyl sites for hydroxylation is 1. The van der Waals surface area contributed by atoms with Crippen LogP contribution in [-0.4, -0.2) is 66.9 Å². The summed E-state index contributed by atoms with van der Waals surface area (Å²) in [4.78, 5) is 19.6. The number of carbonyl (C=O) groups excluding carboxylic acids is 1. The lowest BCUT2D eigenvalue weighted by Gasteiger charge is -2.48. The van der Waals surface area contributed by atoms with Gasteiger partial charge < -0.3 is 4.90 Å². The molecule has 2 aliphatic rings. The fourth-order valence-electron chi connectivity index (χ4n) is 3.73. The zero-order valence-electron chi connectivity index (χ0n) is 14.7. The normalized spacial score (nSPS) is 21.3. The molecule has 3 rings (SSSR count). The quantitative estimate of drug-likeness (QED) is 0.853. The molecule has 2 aliphatic heterocycles. The molecule has 0 spiro atoms. The van der Waals surface area contributed by atoms with Crippen molar-refractivity contribution < 1.29 is 4.79 Å². The second-order valence-electron chi connectivity index (χ2n) is 7.27. The molecule has 1 atom stereocenters. The highest BCUT2D eigenvalue weighted by Gasteiger charge is 2.38. The first kappa shape index (κ1) is 16.5. The fourth-order valence-corrected chi connectivity index (χ4v) is 3.73. The lowest BCUT2D eigenvalue weighted by Crippen LogP contribution is -2.63. The Morgan fingerprint density at radius 3 is 2.26 bits per heavy atom. The van der Waals surface area contributed by atoms with E-state index in [9.17, 15) is 4.79 Å². The molecule has 0 N–H and O–H groups in total. The molecule has 4 nitrogen and oxygen atoms in total. The molecular weight excluding hydrogens is 286 g/mol. The molecule has 0 unspecified atom stereocenters. The summed E-state index contributed by atoms with van der Waals surface area (Å²) >= 11 is 0. The Labute approximate surface area is 140 Å². The molecule has 2 saturated heterocycles. The minimum Gasteiger partial charge on any atom is -0.338 e. The number of hydrogen-bond donors (Lipinski definition) is 0. The Morgan fingerprint density at radius 2 is 1.70 bits per heavy atom. The molecule has 23 heavy (non-hydrogen) atoms. The number of piperidine rings is 1. The Hall–Kier alpha value is -1.39. The maximum atomic E-state index is 12.9. The minimum atomic E-state index is -0.169. The second kappa shape index (κ2) is 7.02. The summed E-state index contributed by atoms with van der Waals surface area (Å²) in [6.07, 6.45) is 3.99. The van der Waals surface area contributed by atoms with Gasteiger partial charge in [-0.3, -0.25) is 14.6 Å². The van der Waals surface area contributed by atoms with Crippen LogP contribution in [0, 0.1) is 6.92 Å². The van der Waals surface area contributed by atoms with E-state index in [1.54, 1.807) is 0 Å². The summed E-state index contributed by atoms with van der Waals surface area (Å²) in [6.45, 7) is 6.29. The Balaban J connectivity index is 1.62. The van der Waals surface area contributed by atoms with Gasteiger partial charge in [0.1, 0.15) is 6.04 Å². The van der Waals surface area contributed by atoms with Crippen LogP contribution >= 0.6 is 0 Å². The molecule has 1 amide bonds. The van der Waals surface area contributed by atoms with E-state index in [4.69, 9.17) is 0 Å². The average molecular weight is 315 g/mol. The summed E-state index contributed by atoms with van der Waals surface area (Å²) in [5, 5.41) is 0. The van der Waals surface area contributed by atoms with Crippen molar-refractivity contribution in [3.8, 4) is 0 Å². The van der Waals surface area contributed by atoms with Crippen molar-refractivity contribution in [3.63, 3.8) is 0 Å². The van der Waals surface area contributed by atoms with Gasteiger partial charge in [-0.15, -0.1) is 0 Å². The molecule has 4 heteroatoms. The van der Waals surface area contributed by atoms with Crippen molar-refractivity contribution in [1.29, 1.82) is 0 Å². The molecule has 2 heterocycles. The van der Waals surface area contributed by atoms with E-state index in [2.05, 4.69) is 36.1 Å². The van der Waals surface area contributed by atoms with Gasteiger partial charge in [0.2, 0.25) is 5.91 Å². The SMILES string of the molecule is Cc1ccc([C@@H](C(=O)N2CC(N3CCCCC3)C2)N(C)C)cc1. The number of carbonyl (C=O) groups is 1. The van der Waals surface area contributed by atoms with Crippen LogP contribution < -0.4 is 0 Å². The monoisotopic (exact) mass is 315 g/mol. The van der Waals surface area contributed by atoms with E-state index < -0.39 is 0 Å². The van der Waals surface area contributed by atoms with Crippen molar-refractivity contribution in [2.45, 2.75) is 38.3 Å². The smallest absolute Gasteiger partial charge is 0.244 e. The first-order chi connectivity index (χ1) is 11.1. The highest BCUT2D eigenvalue weighted by atomic mass is 16.2. The maximum absolute atomic E-state index is 12.9. The predicted molar refractivity (Wildman–Crippen MR) is 93.4 cm³/mol. The van der Waals surface area contributed by atoms with E-state index in [1.807, 2.05) is 23.9 Å². The van der Waals surface area contributed by atoms with Crippen LogP contribution in [-0.2, 0) is 4.79 Å². The molecule has 2 fully saturated rings. The predicted octanol–water partition coefficient (Wildman–Crippen LogP) is 2.29. The lowest BCUT2D eigenvalue weighted by atomic mass is 9.98. The van der Waals surface area contributed by atoms with Gasteiger partial charge in [0, 0.05) is 19.1 Å². The fraction of sp³-hybridized carbons (Fsp3) is 0.632. The minimum absolute atomic E-state index is 0.169. The third kappa shape index (κ3) is 3.59. The molecule has 0 saturated carbocycles. The summed E-state index contributed by atoms with van der Waals surface area (Å²) in [5.41, 5.74) is 2.32. The van der Waals surface area contributed by atoms with Crippen molar-refractivity contribution in [2.24, 2.45) is 0 Å². The van der Waals surface area contributed by atoms with Crippen molar-refractivity contribution in [3.05, 3.63) is 35.4 Å². The van der Waals surface area contributed by atoms with E-state index in [-0.39, 0.29) is 11.9 Å². The Kier molecular flexibility index (Phi) is 5.02. The van der Waals surface area contributed by atoms with Gasteiger partial charge in [0.15, 0.2) is 0 Å². The molecule has 1 aromatic rings. The number of likely N-dealkylation sites (tertiary alicyclic amines) is 2. The summed E-state index contributed by atoms with van der Waals surface area (Å²) in [6, 6.07) is 8.76. The van der Waals surface area contributed by atoms with Gasteiger partial charge in [0.05, 0.1) is 0 Å². The number of amides is 1. The molecule has 0 aromatic heterocycles. The van der Waals surface area contributed by atoms with Gasteiger partial charge in [0.25, 0.3) is 0 Å². The van der Waals surface area contributed by atoms with Gasteiger partial charge in [-0.2, -0.15) is 0 Å². The average Bonchev–Trinajstić information content (AvgIpc) is 2.49. The summed E-state index contributed by atoms with van der Waals surface area (Å²) < 4.78 is 0. The Bertz CT molecular complexity index is 528. The Morgan fingerprint density at radius 1 is 1.09 bits per heavy atom. The largest absolute Gasteiger partial charge is 0.338 e. The number of rotatable bonds is 4. The topological polar surface area (TPSA) is 26.8 Å². The second-order valence-corrected chi connectivity index (χ2v) is 7.27. The summed E-state index contributed by atoms with van der Waals surface area (Å²) in [5.74, 6) is 0.243. The number of benzene rings is 1. The van der Waals surface area contributed by atoms with Crippen molar-refractivity contribution in [1.82, 2.24) is 14.7 Å². The van der Waals surface area contributed by atoms with Gasteiger partial charge in [-0.1, -0.05) is 36.2 Å². The van der Waals surface area contributed by atoms with Crippen LogP contribution in [0.1, 0.15) is 36.4 Å². The first-order valence-corrected chi connectivity index (χ1v) is 8.82. The highest BCUT2D eigenvalue weighted by molar-refractivity contribution is 5.84.